The molecule has 0 aromatic heterocycles. The van der Waals surface area contributed by atoms with E-state index in [4.69, 9.17) is 20.4 Å². The molecule has 1 aromatic rings. The summed E-state index contributed by atoms with van der Waals surface area (Å²) in [5.41, 5.74) is 3.24. The van der Waals surface area contributed by atoms with Gasteiger partial charge < -0.3 is 0 Å². The molecule has 0 radical (unpaired) electrons. The van der Waals surface area contributed by atoms with Gasteiger partial charge in [-0.05, 0) is 36.8 Å². The molecule has 0 bridgehead atoms. The van der Waals surface area contributed by atoms with E-state index in [1.807, 2.05) is 0 Å². The average molecular weight is 417 g/mol. The zero-order valence-corrected chi connectivity index (χ0v) is 19.4. The number of rotatable bonds is 16. The zero-order chi connectivity index (χ0) is 22.7. The van der Waals surface area contributed by atoms with Crippen LogP contribution in [0, 0.1) is 10.8 Å². The van der Waals surface area contributed by atoms with Gasteiger partial charge >= 0.3 is 0 Å². The Labute approximate surface area is 184 Å². The van der Waals surface area contributed by atoms with Gasteiger partial charge in [-0.3, -0.25) is 0 Å². The van der Waals surface area contributed by atoms with Crippen molar-refractivity contribution in [3.8, 4) is 0 Å². The number of nitrogens with one attached hydrogen (secondary N) is 2. The molecule has 0 aliphatic carbocycles. The molecule has 0 spiro atoms. The lowest BCUT2D eigenvalue weighted by Gasteiger charge is -2.10. The summed E-state index contributed by atoms with van der Waals surface area (Å²) in [6, 6.07) is 9.19. The molecule has 0 saturated heterocycles. The van der Waals surface area contributed by atoms with Crippen LogP contribution >= 0.6 is 0 Å². The van der Waals surface area contributed by atoms with Crippen LogP contribution in [0.3, 0.4) is 0 Å². The lowest BCUT2D eigenvalue weighted by molar-refractivity contribution is 0.562. The normalized spacial score (nSPS) is 9.40. The quantitative estimate of drug-likeness (QED) is 0.162. The Morgan fingerprint density at radius 1 is 0.567 bits per heavy atom. The van der Waals surface area contributed by atoms with Crippen LogP contribution in [-0.2, 0) is 22.4 Å². The molecule has 1 rings (SSSR count). The molecule has 0 amide bonds. The predicted octanol–water partition coefficient (Wildman–Crippen LogP) is 8.07. The number of carbonyl (C=O) groups excluding carboxylic acids is 2. The second-order valence-corrected chi connectivity index (χ2v) is 7.72. The lowest BCUT2D eigenvalue weighted by atomic mass is 9.96. The molecule has 30 heavy (non-hydrogen) atoms. The minimum atomic E-state index is 0.750. The van der Waals surface area contributed by atoms with E-state index in [1.54, 1.807) is 11.1 Å². The molecule has 2 N–H and O–H groups in total. The summed E-state index contributed by atoms with van der Waals surface area (Å²) in [5.74, 6) is 0. The van der Waals surface area contributed by atoms with E-state index in [9.17, 15) is 0 Å². The smallest absolute Gasteiger partial charge is 0.222 e. The highest BCUT2D eigenvalue weighted by Gasteiger charge is 2.02. The maximum Gasteiger partial charge on any atom is 0.231 e. The van der Waals surface area contributed by atoms with E-state index >= 15 is 0 Å². The van der Waals surface area contributed by atoms with E-state index in [-0.39, 0.29) is 0 Å². The second-order valence-electron chi connectivity index (χ2n) is 7.72. The van der Waals surface area contributed by atoms with Crippen molar-refractivity contribution in [3.05, 3.63) is 35.4 Å². The van der Waals surface area contributed by atoms with Crippen molar-refractivity contribution in [2.45, 2.75) is 117 Å². The Bertz CT molecular complexity index is 497. The first-order chi connectivity index (χ1) is 14.7. The standard InChI is InChI=1S/C24H42.2CHNO/c1-3-5-7-9-11-13-15-19-23-21-17-18-22-24(23)20-16-14-12-10-8-6-4-2;2*2-1-3/h17-18,21-22H,3-16,19-20H2,1-2H3;2*2H. The zero-order valence-electron chi connectivity index (χ0n) is 19.4. The number of hydrogen-bond acceptors (Lipinski definition) is 4. The summed E-state index contributed by atoms with van der Waals surface area (Å²) in [7, 11) is 0. The topological polar surface area (TPSA) is 81.8 Å². The highest BCUT2D eigenvalue weighted by Crippen LogP contribution is 2.17. The number of unbranched alkanes of at least 4 members (excludes halogenated alkanes) is 12. The first kappa shape index (κ1) is 30.2. The molecule has 0 atom stereocenters. The van der Waals surface area contributed by atoms with Gasteiger partial charge in [0.15, 0.2) is 0 Å². The third kappa shape index (κ3) is 22.3. The molecule has 0 saturated carbocycles. The maximum atomic E-state index is 8.35. The molecule has 0 unspecified atom stereocenters. The molecule has 170 valence electrons. The van der Waals surface area contributed by atoms with Crippen molar-refractivity contribution < 1.29 is 9.59 Å². The van der Waals surface area contributed by atoms with Crippen LogP contribution in [0.1, 0.15) is 115 Å². The average Bonchev–Trinajstić information content (AvgIpc) is 2.74. The van der Waals surface area contributed by atoms with Gasteiger partial charge in [0.05, 0.1) is 0 Å². The fourth-order valence-corrected chi connectivity index (χ4v) is 3.59. The monoisotopic (exact) mass is 416 g/mol. The fraction of sp³-hybridized carbons (Fsp3) is 0.692. The molecule has 0 aliphatic rings. The van der Waals surface area contributed by atoms with Gasteiger partial charge in [0.25, 0.3) is 0 Å². The maximum absolute atomic E-state index is 8.35. The van der Waals surface area contributed by atoms with Gasteiger partial charge in [0.1, 0.15) is 0 Å². The van der Waals surface area contributed by atoms with Gasteiger partial charge in [-0.15, -0.1) is 0 Å². The Morgan fingerprint density at radius 2 is 0.833 bits per heavy atom. The van der Waals surface area contributed by atoms with Crippen molar-refractivity contribution in [2.75, 3.05) is 0 Å². The number of aryl methyl sites for hydroxylation is 2. The first-order valence-electron chi connectivity index (χ1n) is 11.9. The summed E-state index contributed by atoms with van der Waals surface area (Å²) in [6.45, 7) is 4.59. The van der Waals surface area contributed by atoms with Crippen molar-refractivity contribution in [2.24, 2.45) is 0 Å². The molecular weight excluding hydrogens is 372 g/mol. The lowest BCUT2D eigenvalue weighted by Crippen LogP contribution is -1.95. The van der Waals surface area contributed by atoms with Crippen LogP contribution in [0.25, 0.3) is 0 Å². The Balaban J connectivity index is 0. The highest BCUT2D eigenvalue weighted by atomic mass is 16.1. The molecule has 4 heteroatoms. The second kappa shape index (κ2) is 27.0. The van der Waals surface area contributed by atoms with Crippen LogP contribution < -0.4 is 0 Å². The minimum Gasteiger partial charge on any atom is -0.222 e. The minimum absolute atomic E-state index is 0.750. The molecule has 4 nitrogen and oxygen atoms in total. The van der Waals surface area contributed by atoms with Crippen molar-refractivity contribution in [3.63, 3.8) is 0 Å². The number of benzene rings is 1. The van der Waals surface area contributed by atoms with Crippen molar-refractivity contribution in [1.82, 2.24) is 0 Å². The Kier molecular flexibility index (Phi) is 27.1. The van der Waals surface area contributed by atoms with Crippen molar-refractivity contribution in [1.29, 1.82) is 10.8 Å². The molecule has 1 aromatic carbocycles. The molecule has 0 aliphatic heterocycles. The SMILES string of the molecule is CCCCCCCCCc1ccccc1CCCCCCCCC.N=C=O.N=C=O. The van der Waals surface area contributed by atoms with Gasteiger partial charge in [0, 0.05) is 0 Å². The van der Waals surface area contributed by atoms with Crippen molar-refractivity contribution >= 4 is 12.2 Å². The van der Waals surface area contributed by atoms with Crippen LogP contribution in [0.2, 0.25) is 0 Å². The summed E-state index contributed by atoms with van der Waals surface area (Å²) in [6.07, 6.45) is 23.8. The Hall–Kier alpha value is -2.02. The third-order valence-corrected chi connectivity index (χ3v) is 5.22. The largest absolute Gasteiger partial charge is 0.231 e. The van der Waals surface area contributed by atoms with Gasteiger partial charge in [-0.25, -0.2) is 20.4 Å². The predicted molar refractivity (Wildman–Crippen MR) is 127 cm³/mol. The van der Waals surface area contributed by atoms with Crippen LogP contribution in [0.5, 0.6) is 0 Å². The molecule has 0 fully saturated rings. The van der Waals surface area contributed by atoms with Gasteiger partial charge in [-0.2, -0.15) is 0 Å². The number of hydrogen-bond donors (Lipinski definition) is 2. The number of isocyanates is 2. The van der Waals surface area contributed by atoms with E-state index in [0.29, 0.717) is 0 Å². The van der Waals surface area contributed by atoms with E-state index in [1.165, 1.54) is 103 Å². The van der Waals surface area contributed by atoms with Crippen LogP contribution in [0.4, 0.5) is 0 Å². The van der Waals surface area contributed by atoms with Gasteiger partial charge in [-0.1, -0.05) is 115 Å². The van der Waals surface area contributed by atoms with E-state index < -0.39 is 0 Å². The molecular formula is C26H44N2O2. The summed E-state index contributed by atoms with van der Waals surface area (Å²) < 4.78 is 0. The van der Waals surface area contributed by atoms with Gasteiger partial charge in [0.2, 0.25) is 12.2 Å². The molecule has 0 heterocycles. The highest BCUT2D eigenvalue weighted by molar-refractivity contribution is 5.27. The summed E-state index contributed by atoms with van der Waals surface area (Å²) in [5, 5.41) is 10.8. The third-order valence-electron chi connectivity index (χ3n) is 5.22. The summed E-state index contributed by atoms with van der Waals surface area (Å²) in [4.78, 5) is 16.7. The van der Waals surface area contributed by atoms with Crippen LogP contribution in [-0.4, -0.2) is 12.2 Å². The fourth-order valence-electron chi connectivity index (χ4n) is 3.59. The Morgan fingerprint density at radius 3 is 1.13 bits per heavy atom. The van der Waals surface area contributed by atoms with E-state index in [0.717, 1.165) is 12.2 Å². The first-order valence-corrected chi connectivity index (χ1v) is 11.9. The van der Waals surface area contributed by atoms with Crippen LogP contribution in [0.15, 0.2) is 24.3 Å². The summed E-state index contributed by atoms with van der Waals surface area (Å²) >= 11 is 0. The van der Waals surface area contributed by atoms with E-state index in [2.05, 4.69) is 38.1 Å².